The van der Waals surface area contributed by atoms with Crippen LogP contribution in [0.2, 0.25) is 0 Å². The summed E-state index contributed by atoms with van der Waals surface area (Å²) in [6, 6.07) is 5.78. The fourth-order valence-corrected chi connectivity index (χ4v) is 1.40. The standard InChI is InChI=1S/C14H22N2O/c1-5-14(3,4)17-9-12-7-6-11(13(15)16)8-10(12)2/h6-8H,5,9H2,1-4H3,(H3,15,16). The summed E-state index contributed by atoms with van der Waals surface area (Å²) < 4.78 is 5.86. The van der Waals surface area contributed by atoms with Crippen molar-refractivity contribution < 1.29 is 4.74 Å². The van der Waals surface area contributed by atoms with E-state index < -0.39 is 0 Å². The molecule has 0 unspecified atom stereocenters. The van der Waals surface area contributed by atoms with Gasteiger partial charge in [0, 0.05) is 5.56 Å². The molecule has 1 aromatic rings. The van der Waals surface area contributed by atoms with Crippen molar-refractivity contribution >= 4 is 5.84 Å². The molecule has 3 heteroatoms. The molecule has 0 aliphatic carbocycles. The summed E-state index contributed by atoms with van der Waals surface area (Å²) in [5.41, 5.74) is 8.39. The first-order chi connectivity index (χ1) is 7.85. The lowest BCUT2D eigenvalue weighted by Crippen LogP contribution is -2.23. The lowest BCUT2D eigenvalue weighted by molar-refractivity contribution is -0.0318. The zero-order valence-electron chi connectivity index (χ0n) is 11.1. The minimum atomic E-state index is -0.0916. The molecular formula is C14H22N2O. The average Bonchev–Trinajstić information content (AvgIpc) is 2.27. The smallest absolute Gasteiger partial charge is 0.122 e. The van der Waals surface area contributed by atoms with Crippen molar-refractivity contribution in [2.75, 3.05) is 0 Å². The van der Waals surface area contributed by atoms with Gasteiger partial charge < -0.3 is 10.5 Å². The van der Waals surface area contributed by atoms with Crippen molar-refractivity contribution in [1.29, 1.82) is 5.41 Å². The van der Waals surface area contributed by atoms with Gasteiger partial charge in [-0.1, -0.05) is 19.1 Å². The zero-order chi connectivity index (χ0) is 13.1. The number of hydrogen-bond acceptors (Lipinski definition) is 2. The molecule has 0 spiro atoms. The first-order valence-electron chi connectivity index (χ1n) is 5.93. The largest absolute Gasteiger partial charge is 0.384 e. The minimum Gasteiger partial charge on any atom is -0.384 e. The van der Waals surface area contributed by atoms with Crippen molar-refractivity contribution in [3.8, 4) is 0 Å². The molecule has 17 heavy (non-hydrogen) atoms. The van der Waals surface area contributed by atoms with E-state index in [0.29, 0.717) is 6.61 Å². The Morgan fingerprint density at radius 1 is 1.41 bits per heavy atom. The van der Waals surface area contributed by atoms with E-state index in [1.54, 1.807) is 0 Å². The van der Waals surface area contributed by atoms with E-state index >= 15 is 0 Å². The second kappa shape index (κ2) is 5.32. The highest BCUT2D eigenvalue weighted by Gasteiger charge is 2.15. The maximum absolute atomic E-state index is 7.38. The number of nitrogens with two attached hydrogens (primary N) is 1. The van der Waals surface area contributed by atoms with Crippen molar-refractivity contribution in [2.24, 2.45) is 5.73 Å². The number of hydrogen-bond donors (Lipinski definition) is 2. The number of rotatable bonds is 5. The number of amidine groups is 1. The second-order valence-electron chi connectivity index (χ2n) is 4.96. The van der Waals surface area contributed by atoms with Gasteiger partial charge in [-0.05, 0) is 44.4 Å². The summed E-state index contributed by atoms with van der Waals surface area (Å²) >= 11 is 0. The van der Waals surface area contributed by atoms with E-state index in [0.717, 1.165) is 23.1 Å². The Bertz CT molecular complexity index is 411. The number of aryl methyl sites for hydroxylation is 1. The van der Waals surface area contributed by atoms with Gasteiger partial charge in [0.25, 0.3) is 0 Å². The van der Waals surface area contributed by atoms with Crippen molar-refractivity contribution in [3.05, 3.63) is 34.9 Å². The quantitative estimate of drug-likeness (QED) is 0.608. The van der Waals surface area contributed by atoms with E-state index in [1.807, 2.05) is 25.1 Å². The minimum absolute atomic E-state index is 0.0916. The summed E-state index contributed by atoms with van der Waals surface area (Å²) in [4.78, 5) is 0. The molecule has 0 saturated heterocycles. The van der Waals surface area contributed by atoms with Crippen LogP contribution >= 0.6 is 0 Å². The van der Waals surface area contributed by atoms with Gasteiger partial charge in [0.1, 0.15) is 5.84 Å². The number of nitrogen functional groups attached to an aromatic ring is 1. The van der Waals surface area contributed by atoms with Crippen LogP contribution in [0.1, 0.15) is 43.9 Å². The average molecular weight is 234 g/mol. The predicted molar refractivity (Wildman–Crippen MR) is 71.4 cm³/mol. The second-order valence-corrected chi connectivity index (χ2v) is 4.96. The summed E-state index contributed by atoms with van der Waals surface area (Å²) in [6.45, 7) is 8.92. The molecule has 94 valence electrons. The van der Waals surface area contributed by atoms with E-state index in [4.69, 9.17) is 15.9 Å². The van der Waals surface area contributed by atoms with E-state index in [-0.39, 0.29) is 11.4 Å². The molecule has 0 saturated carbocycles. The van der Waals surface area contributed by atoms with Crippen LogP contribution in [-0.4, -0.2) is 11.4 Å². The Morgan fingerprint density at radius 2 is 2.06 bits per heavy atom. The molecule has 0 heterocycles. The van der Waals surface area contributed by atoms with Crippen LogP contribution in [0.25, 0.3) is 0 Å². The fraction of sp³-hybridized carbons (Fsp3) is 0.500. The Labute approximate surface area is 103 Å². The third kappa shape index (κ3) is 3.86. The highest BCUT2D eigenvalue weighted by molar-refractivity contribution is 5.95. The Hall–Kier alpha value is -1.35. The van der Waals surface area contributed by atoms with E-state index in [9.17, 15) is 0 Å². The Kier molecular flexibility index (Phi) is 4.29. The van der Waals surface area contributed by atoms with Gasteiger partial charge in [-0.2, -0.15) is 0 Å². The van der Waals surface area contributed by atoms with Crippen molar-refractivity contribution in [1.82, 2.24) is 0 Å². The molecule has 0 aliphatic heterocycles. The van der Waals surface area contributed by atoms with E-state index in [1.165, 1.54) is 0 Å². The van der Waals surface area contributed by atoms with Gasteiger partial charge in [0.05, 0.1) is 12.2 Å². The van der Waals surface area contributed by atoms with Gasteiger partial charge in [-0.15, -0.1) is 0 Å². The molecule has 0 aromatic heterocycles. The molecule has 0 aliphatic rings. The van der Waals surface area contributed by atoms with Crippen LogP contribution < -0.4 is 5.73 Å². The van der Waals surface area contributed by atoms with Crippen molar-refractivity contribution in [3.63, 3.8) is 0 Å². The van der Waals surface area contributed by atoms with Gasteiger partial charge in [-0.25, -0.2) is 0 Å². The molecular weight excluding hydrogens is 212 g/mol. The summed E-state index contributed by atoms with van der Waals surface area (Å²) in [5, 5.41) is 7.38. The van der Waals surface area contributed by atoms with Crippen LogP contribution in [0.5, 0.6) is 0 Å². The molecule has 0 bridgehead atoms. The van der Waals surface area contributed by atoms with Gasteiger partial charge in [-0.3, -0.25) is 5.41 Å². The van der Waals surface area contributed by atoms with Crippen LogP contribution in [-0.2, 0) is 11.3 Å². The maximum atomic E-state index is 7.38. The third-order valence-corrected chi connectivity index (χ3v) is 3.12. The Morgan fingerprint density at radius 3 is 2.53 bits per heavy atom. The van der Waals surface area contributed by atoms with Gasteiger partial charge in [0.2, 0.25) is 0 Å². The summed E-state index contributed by atoms with van der Waals surface area (Å²) in [7, 11) is 0. The lowest BCUT2D eigenvalue weighted by atomic mass is 10.0. The highest BCUT2D eigenvalue weighted by Crippen LogP contribution is 2.19. The van der Waals surface area contributed by atoms with Crippen molar-refractivity contribution in [2.45, 2.75) is 46.3 Å². The third-order valence-electron chi connectivity index (χ3n) is 3.12. The monoisotopic (exact) mass is 234 g/mol. The van der Waals surface area contributed by atoms with Crippen LogP contribution in [0, 0.1) is 12.3 Å². The topological polar surface area (TPSA) is 59.1 Å². The first-order valence-corrected chi connectivity index (χ1v) is 5.93. The molecule has 3 nitrogen and oxygen atoms in total. The molecule has 3 N–H and O–H groups in total. The molecule has 0 fully saturated rings. The lowest BCUT2D eigenvalue weighted by Gasteiger charge is -2.24. The molecule has 1 rings (SSSR count). The maximum Gasteiger partial charge on any atom is 0.122 e. The summed E-state index contributed by atoms with van der Waals surface area (Å²) in [6.07, 6.45) is 0.984. The number of nitrogens with one attached hydrogen (secondary N) is 1. The fourth-order valence-electron chi connectivity index (χ4n) is 1.40. The molecule has 1 aromatic carbocycles. The van der Waals surface area contributed by atoms with Crippen LogP contribution in [0.15, 0.2) is 18.2 Å². The first kappa shape index (κ1) is 13.7. The SMILES string of the molecule is CCC(C)(C)OCc1ccc(C(=N)N)cc1C. The molecule has 0 amide bonds. The predicted octanol–water partition coefficient (Wildman–Crippen LogP) is 2.98. The molecule has 0 atom stereocenters. The summed E-state index contributed by atoms with van der Waals surface area (Å²) in [5.74, 6) is 0.106. The zero-order valence-corrected chi connectivity index (χ0v) is 11.1. The van der Waals surface area contributed by atoms with E-state index in [2.05, 4.69) is 20.8 Å². The van der Waals surface area contributed by atoms with Gasteiger partial charge >= 0.3 is 0 Å². The Balaban J connectivity index is 2.77. The normalized spacial score (nSPS) is 11.5. The molecule has 0 radical (unpaired) electrons. The highest BCUT2D eigenvalue weighted by atomic mass is 16.5. The van der Waals surface area contributed by atoms with Gasteiger partial charge in [0.15, 0.2) is 0 Å². The van der Waals surface area contributed by atoms with Crippen LogP contribution in [0.3, 0.4) is 0 Å². The number of benzene rings is 1. The van der Waals surface area contributed by atoms with Crippen LogP contribution in [0.4, 0.5) is 0 Å². The number of ether oxygens (including phenoxy) is 1.